The molecule has 0 aliphatic rings. The Balaban J connectivity index is 1.61. The number of imidazole rings is 1. The summed E-state index contributed by atoms with van der Waals surface area (Å²) in [6.45, 7) is 3.72. The minimum Gasteiger partial charge on any atom is -0.494 e. The van der Waals surface area contributed by atoms with E-state index < -0.39 is 5.82 Å². The van der Waals surface area contributed by atoms with E-state index in [1.807, 2.05) is 19.3 Å². The number of ether oxygens (including phenoxy) is 1. The van der Waals surface area contributed by atoms with Crippen LogP contribution in [0.2, 0.25) is 0 Å². The van der Waals surface area contributed by atoms with Crippen molar-refractivity contribution in [1.29, 1.82) is 0 Å². The first-order valence-corrected chi connectivity index (χ1v) is 7.89. The average molecular weight is 329 g/mol. The van der Waals surface area contributed by atoms with Gasteiger partial charge < -0.3 is 14.6 Å². The van der Waals surface area contributed by atoms with Gasteiger partial charge in [-0.3, -0.25) is 0 Å². The third-order valence-electron chi connectivity index (χ3n) is 3.95. The molecule has 3 rings (SSSR count). The normalized spacial score (nSPS) is 11.0. The van der Waals surface area contributed by atoms with Crippen molar-refractivity contribution in [3.05, 3.63) is 42.5 Å². The Bertz CT molecular complexity index is 833. The van der Waals surface area contributed by atoms with Gasteiger partial charge in [0.15, 0.2) is 11.6 Å². The van der Waals surface area contributed by atoms with Gasteiger partial charge in [-0.2, -0.15) is 0 Å². The average Bonchev–Trinajstić information content (AvgIpc) is 2.99. The van der Waals surface area contributed by atoms with E-state index in [4.69, 9.17) is 4.74 Å². The van der Waals surface area contributed by atoms with Crippen LogP contribution in [0.15, 0.2) is 30.9 Å². The summed E-state index contributed by atoms with van der Waals surface area (Å²) in [5.41, 5.74) is 0.555. The van der Waals surface area contributed by atoms with E-state index in [0.717, 1.165) is 37.1 Å². The molecule has 0 amide bonds. The molecule has 1 N–H and O–H groups in total. The molecule has 0 aliphatic carbocycles. The summed E-state index contributed by atoms with van der Waals surface area (Å²) >= 11 is 0. The highest BCUT2D eigenvalue weighted by molar-refractivity contribution is 5.90. The van der Waals surface area contributed by atoms with Crippen LogP contribution in [-0.4, -0.2) is 33.2 Å². The van der Waals surface area contributed by atoms with Crippen LogP contribution < -0.4 is 10.1 Å². The largest absolute Gasteiger partial charge is 0.494 e. The van der Waals surface area contributed by atoms with Crippen LogP contribution in [0, 0.1) is 12.7 Å². The number of nitrogens with zero attached hydrogens (tertiary/aromatic N) is 4. The molecule has 0 saturated carbocycles. The first kappa shape index (κ1) is 16.2. The molecule has 0 fully saturated rings. The van der Waals surface area contributed by atoms with E-state index in [1.54, 1.807) is 6.07 Å². The first-order valence-electron chi connectivity index (χ1n) is 7.89. The molecule has 7 heteroatoms. The molecular weight excluding hydrogens is 309 g/mol. The van der Waals surface area contributed by atoms with Crippen LogP contribution >= 0.6 is 0 Å². The second kappa shape index (κ2) is 7.25. The number of rotatable bonds is 7. The molecular formula is C17H20FN5O. The number of methoxy groups -OCH3 is 1. The number of benzene rings is 1. The van der Waals surface area contributed by atoms with Gasteiger partial charge in [-0.1, -0.05) is 0 Å². The summed E-state index contributed by atoms with van der Waals surface area (Å²) in [6, 6.07) is 2.99. The molecule has 0 saturated heterocycles. The van der Waals surface area contributed by atoms with Gasteiger partial charge in [0.1, 0.15) is 18.0 Å². The minimum absolute atomic E-state index is 0.191. The fraction of sp³-hybridized carbons (Fsp3) is 0.353. The van der Waals surface area contributed by atoms with E-state index in [0.29, 0.717) is 11.3 Å². The fourth-order valence-electron chi connectivity index (χ4n) is 2.61. The zero-order valence-corrected chi connectivity index (χ0v) is 13.8. The molecule has 0 atom stereocenters. The highest BCUT2D eigenvalue weighted by Gasteiger charge is 2.09. The quantitative estimate of drug-likeness (QED) is 0.675. The number of fused-ring (bicyclic) bond motifs is 1. The topological polar surface area (TPSA) is 64.9 Å². The fourth-order valence-corrected chi connectivity index (χ4v) is 2.61. The van der Waals surface area contributed by atoms with E-state index >= 15 is 0 Å². The lowest BCUT2D eigenvalue weighted by atomic mass is 10.2. The maximum absolute atomic E-state index is 13.8. The lowest BCUT2D eigenvalue weighted by Crippen LogP contribution is -2.07. The molecule has 2 aromatic heterocycles. The van der Waals surface area contributed by atoms with E-state index in [1.165, 1.54) is 19.5 Å². The maximum Gasteiger partial charge on any atom is 0.167 e. The van der Waals surface area contributed by atoms with E-state index in [-0.39, 0.29) is 5.75 Å². The Hall–Kier alpha value is -2.70. The molecule has 126 valence electrons. The number of unbranched alkanes of at least 4 members (excludes halogenated alkanes) is 1. The molecule has 0 bridgehead atoms. The number of halogens is 1. The number of nitrogens with one attached hydrogen (secondary N) is 1. The molecule has 0 spiro atoms. The van der Waals surface area contributed by atoms with Crippen molar-refractivity contribution in [2.24, 2.45) is 0 Å². The molecule has 3 aromatic rings. The number of aromatic nitrogens is 4. The summed E-state index contributed by atoms with van der Waals surface area (Å²) in [5.74, 6) is 1.48. The predicted octanol–water partition coefficient (Wildman–Crippen LogP) is 3.17. The van der Waals surface area contributed by atoms with E-state index in [9.17, 15) is 4.39 Å². The van der Waals surface area contributed by atoms with Gasteiger partial charge in [-0.05, 0) is 25.8 Å². The summed E-state index contributed by atoms with van der Waals surface area (Å²) in [4.78, 5) is 12.6. The number of aryl methyl sites for hydroxylation is 2. The van der Waals surface area contributed by atoms with Crippen LogP contribution in [0.5, 0.6) is 5.75 Å². The summed E-state index contributed by atoms with van der Waals surface area (Å²) in [6.07, 6.45) is 7.26. The van der Waals surface area contributed by atoms with Crippen molar-refractivity contribution >= 4 is 16.7 Å². The third-order valence-corrected chi connectivity index (χ3v) is 3.95. The molecule has 1 aromatic carbocycles. The standard InChI is InChI=1S/C17H20FN5O/c1-12-19-6-8-23(12)7-4-3-5-20-17-13-9-16(24-2)14(18)10-15(13)21-11-22-17/h6,8-11H,3-5,7H2,1-2H3,(H,20,21,22). The van der Waals surface area contributed by atoms with Crippen molar-refractivity contribution in [3.63, 3.8) is 0 Å². The Morgan fingerprint density at radius 3 is 2.83 bits per heavy atom. The minimum atomic E-state index is -0.426. The van der Waals surface area contributed by atoms with Gasteiger partial charge >= 0.3 is 0 Å². The van der Waals surface area contributed by atoms with Crippen LogP contribution in [0.4, 0.5) is 10.2 Å². The smallest absolute Gasteiger partial charge is 0.167 e. The first-order chi connectivity index (χ1) is 11.7. The van der Waals surface area contributed by atoms with Crippen molar-refractivity contribution in [2.75, 3.05) is 19.0 Å². The number of hydrogen-bond acceptors (Lipinski definition) is 5. The second-order valence-electron chi connectivity index (χ2n) is 5.53. The second-order valence-corrected chi connectivity index (χ2v) is 5.53. The van der Waals surface area contributed by atoms with Gasteiger partial charge in [0.25, 0.3) is 0 Å². The Morgan fingerprint density at radius 2 is 2.08 bits per heavy atom. The predicted molar refractivity (Wildman–Crippen MR) is 90.7 cm³/mol. The Labute approximate surface area is 139 Å². The summed E-state index contributed by atoms with van der Waals surface area (Å²) in [5, 5.41) is 4.05. The van der Waals surface area contributed by atoms with Gasteiger partial charge in [-0.15, -0.1) is 0 Å². The van der Waals surface area contributed by atoms with Crippen molar-refractivity contribution in [3.8, 4) is 5.75 Å². The van der Waals surface area contributed by atoms with Gasteiger partial charge in [-0.25, -0.2) is 19.3 Å². The molecule has 24 heavy (non-hydrogen) atoms. The van der Waals surface area contributed by atoms with Crippen LogP contribution in [0.1, 0.15) is 18.7 Å². The SMILES string of the molecule is COc1cc2c(NCCCCn3ccnc3C)ncnc2cc1F. The van der Waals surface area contributed by atoms with Crippen molar-refractivity contribution in [1.82, 2.24) is 19.5 Å². The summed E-state index contributed by atoms with van der Waals surface area (Å²) < 4.78 is 20.9. The van der Waals surface area contributed by atoms with Crippen LogP contribution in [0.25, 0.3) is 10.9 Å². The Morgan fingerprint density at radius 1 is 1.21 bits per heavy atom. The lowest BCUT2D eigenvalue weighted by molar-refractivity contribution is 0.387. The van der Waals surface area contributed by atoms with Crippen molar-refractivity contribution < 1.29 is 9.13 Å². The zero-order valence-electron chi connectivity index (χ0n) is 13.8. The molecule has 0 radical (unpaired) electrons. The highest BCUT2D eigenvalue weighted by Crippen LogP contribution is 2.27. The number of hydrogen-bond donors (Lipinski definition) is 1. The Kier molecular flexibility index (Phi) is 4.88. The van der Waals surface area contributed by atoms with Gasteiger partial charge in [0.05, 0.1) is 12.6 Å². The van der Waals surface area contributed by atoms with Crippen molar-refractivity contribution in [2.45, 2.75) is 26.3 Å². The molecule has 0 unspecified atom stereocenters. The lowest BCUT2D eigenvalue weighted by Gasteiger charge is -2.10. The maximum atomic E-state index is 13.8. The summed E-state index contributed by atoms with van der Waals surface area (Å²) in [7, 11) is 1.44. The van der Waals surface area contributed by atoms with Gasteiger partial charge in [0, 0.05) is 36.9 Å². The van der Waals surface area contributed by atoms with Crippen LogP contribution in [-0.2, 0) is 6.54 Å². The highest BCUT2D eigenvalue weighted by atomic mass is 19.1. The molecule has 2 heterocycles. The molecule has 6 nitrogen and oxygen atoms in total. The van der Waals surface area contributed by atoms with E-state index in [2.05, 4.69) is 24.8 Å². The third kappa shape index (κ3) is 3.45. The van der Waals surface area contributed by atoms with Crippen LogP contribution in [0.3, 0.4) is 0 Å². The monoisotopic (exact) mass is 329 g/mol. The zero-order chi connectivity index (χ0) is 16.9. The molecule has 0 aliphatic heterocycles. The number of anilines is 1. The van der Waals surface area contributed by atoms with Gasteiger partial charge in [0.2, 0.25) is 0 Å².